The molecule has 0 saturated carbocycles. The number of ether oxygens (including phenoxy) is 1. The Morgan fingerprint density at radius 3 is 2.42 bits per heavy atom. The first-order valence-electron chi connectivity index (χ1n) is 10.5. The first-order valence-corrected chi connectivity index (χ1v) is 12.4. The molecule has 1 heterocycles. The van der Waals surface area contributed by atoms with Crippen molar-refractivity contribution in [2.45, 2.75) is 39.5 Å². The standard InChI is InChI=1S/C25H27FN2O4S/c1-16-5-11-21(12-6-16)32-25-19(8-7-17(2)27-25)10-14-24(29)18(3)20-9-13-23(22(26)15-20)28-33(4,30)31/h5-9,11-13,15,18,28H,10,14H2,1-4H3. The van der Waals surface area contributed by atoms with Crippen molar-refractivity contribution in [2.75, 3.05) is 11.0 Å². The number of sulfonamides is 1. The van der Waals surface area contributed by atoms with Crippen molar-refractivity contribution in [1.82, 2.24) is 4.98 Å². The smallest absolute Gasteiger partial charge is 0.229 e. The number of hydrogen-bond acceptors (Lipinski definition) is 5. The number of pyridine rings is 1. The summed E-state index contributed by atoms with van der Waals surface area (Å²) >= 11 is 0. The number of carbonyl (C=O) groups excluding carboxylic acids is 1. The van der Waals surface area contributed by atoms with Crippen LogP contribution in [-0.4, -0.2) is 25.4 Å². The highest BCUT2D eigenvalue weighted by Gasteiger charge is 2.19. The molecule has 1 atom stereocenters. The molecular weight excluding hydrogens is 443 g/mol. The van der Waals surface area contributed by atoms with Gasteiger partial charge in [0.25, 0.3) is 0 Å². The van der Waals surface area contributed by atoms with E-state index < -0.39 is 21.8 Å². The Balaban J connectivity index is 1.70. The van der Waals surface area contributed by atoms with E-state index in [1.165, 1.54) is 12.1 Å². The lowest BCUT2D eigenvalue weighted by atomic mass is 9.93. The molecule has 0 aliphatic heterocycles. The molecule has 0 saturated heterocycles. The molecule has 0 aliphatic rings. The van der Waals surface area contributed by atoms with Crippen molar-refractivity contribution >= 4 is 21.5 Å². The maximum Gasteiger partial charge on any atom is 0.229 e. The zero-order chi connectivity index (χ0) is 24.2. The highest BCUT2D eigenvalue weighted by molar-refractivity contribution is 7.92. The highest BCUT2D eigenvalue weighted by Crippen LogP contribution is 2.27. The van der Waals surface area contributed by atoms with E-state index in [4.69, 9.17) is 4.74 Å². The van der Waals surface area contributed by atoms with Crippen LogP contribution < -0.4 is 9.46 Å². The molecule has 3 rings (SSSR count). The molecule has 0 amide bonds. The molecule has 3 aromatic rings. The number of rotatable bonds is 9. The predicted molar refractivity (Wildman–Crippen MR) is 127 cm³/mol. The van der Waals surface area contributed by atoms with Gasteiger partial charge in [0.1, 0.15) is 17.3 Å². The molecule has 1 N–H and O–H groups in total. The van der Waals surface area contributed by atoms with E-state index in [9.17, 15) is 17.6 Å². The van der Waals surface area contributed by atoms with Crippen LogP contribution in [0.25, 0.3) is 0 Å². The number of ketones is 1. The minimum atomic E-state index is -3.60. The third-order valence-corrected chi connectivity index (χ3v) is 5.82. The third kappa shape index (κ3) is 6.86. The van der Waals surface area contributed by atoms with Crippen LogP contribution in [-0.2, 0) is 21.2 Å². The molecule has 1 aromatic heterocycles. The second-order valence-electron chi connectivity index (χ2n) is 8.13. The average molecular weight is 471 g/mol. The van der Waals surface area contributed by atoms with Gasteiger partial charge in [-0.15, -0.1) is 0 Å². The van der Waals surface area contributed by atoms with Crippen LogP contribution in [0.5, 0.6) is 11.6 Å². The monoisotopic (exact) mass is 470 g/mol. The number of benzene rings is 2. The van der Waals surface area contributed by atoms with Crippen LogP contribution in [0.2, 0.25) is 0 Å². The molecule has 8 heteroatoms. The second-order valence-corrected chi connectivity index (χ2v) is 9.88. The molecule has 33 heavy (non-hydrogen) atoms. The summed E-state index contributed by atoms with van der Waals surface area (Å²) in [5, 5.41) is 0. The zero-order valence-electron chi connectivity index (χ0n) is 19.1. The van der Waals surface area contributed by atoms with Gasteiger partial charge in [0.15, 0.2) is 0 Å². The summed E-state index contributed by atoms with van der Waals surface area (Å²) in [5.74, 6) is -0.222. The lowest BCUT2D eigenvalue weighted by molar-refractivity contribution is -0.120. The van der Waals surface area contributed by atoms with Gasteiger partial charge in [0.2, 0.25) is 15.9 Å². The van der Waals surface area contributed by atoms with Gasteiger partial charge in [0, 0.05) is 23.6 Å². The van der Waals surface area contributed by atoms with Gasteiger partial charge >= 0.3 is 0 Å². The number of Topliss-reactive ketones (excluding diaryl/α,β-unsaturated/α-hetero) is 1. The largest absolute Gasteiger partial charge is 0.439 e. The van der Waals surface area contributed by atoms with Gasteiger partial charge in [-0.3, -0.25) is 9.52 Å². The summed E-state index contributed by atoms with van der Waals surface area (Å²) in [7, 11) is -3.60. The third-order valence-electron chi connectivity index (χ3n) is 5.23. The number of halogens is 1. The second kappa shape index (κ2) is 10.1. The van der Waals surface area contributed by atoms with Crippen LogP contribution in [0.3, 0.4) is 0 Å². The lowest BCUT2D eigenvalue weighted by Gasteiger charge is -2.14. The van der Waals surface area contributed by atoms with Crippen molar-refractivity contribution in [1.29, 1.82) is 0 Å². The average Bonchev–Trinajstić information content (AvgIpc) is 2.74. The van der Waals surface area contributed by atoms with Crippen molar-refractivity contribution in [3.63, 3.8) is 0 Å². The SMILES string of the molecule is Cc1ccc(Oc2nc(C)ccc2CCC(=O)C(C)c2ccc(NS(C)(=O)=O)c(F)c2)cc1. The lowest BCUT2D eigenvalue weighted by Crippen LogP contribution is -2.13. The number of carbonyl (C=O) groups is 1. The van der Waals surface area contributed by atoms with Crippen molar-refractivity contribution in [3.8, 4) is 11.6 Å². The molecule has 174 valence electrons. The number of aromatic nitrogens is 1. The van der Waals surface area contributed by atoms with E-state index in [1.54, 1.807) is 13.0 Å². The molecule has 0 spiro atoms. The van der Waals surface area contributed by atoms with Gasteiger partial charge in [-0.05, 0) is 56.2 Å². The van der Waals surface area contributed by atoms with Crippen molar-refractivity contribution < 1.29 is 22.3 Å². The van der Waals surface area contributed by atoms with E-state index in [0.29, 0.717) is 23.6 Å². The van der Waals surface area contributed by atoms with E-state index in [1.807, 2.05) is 50.2 Å². The highest BCUT2D eigenvalue weighted by atomic mass is 32.2. The molecule has 1 unspecified atom stereocenters. The first-order chi connectivity index (χ1) is 15.5. The quantitative estimate of drug-likeness (QED) is 0.458. The fraction of sp³-hybridized carbons (Fsp3) is 0.280. The molecule has 2 aromatic carbocycles. The van der Waals surface area contributed by atoms with Crippen LogP contribution >= 0.6 is 0 Å². The van der Waals surface area contributed by atoms with Gasteiger partial charge < -0.3 is 4.74 Å². The Bertz CT molecular complexity index is 1260. The van der Waals surface area contributed by atoms with Crippen molar-refractivity contribution in [3.05, 3.63) is 82.8 Å². The fourth-order valence-corrected chi connectivity index (χ4v) is 3.87. The minimum Gasteiger partial charge on any atom is -0.439 e. The molecule has 0 fully saturated rings. The normalized spacial score (nSPS) is 12.3. The van der Waals surface area contributed by atoms with E-state index in [0.717, 1.165) is 23.1 Å². The van der Waals surface area contributed by atoms with Crippen LogP contribution in [0, 0.1) is 19.7 Å². The Morgan fingerprint density at radius 2 is 1.79 bits per heavy atom. The predicted octanol–water partition coefficient (Wildman–Crippen LogP) is 5.31. The van der Waals surface area contributed by atoms with Gasteiger partial charge in [-0.25, -0.2) is 17.8 Å². The molecular formula is C25H27FN2O4S. The summed E-state index contributed by atoms with van der Waals surface area (Å²) in [6.45, 7) is 5.57. The first kappa shape index (κ1) is 24.4. The maximum atomic E-state index is 14.3. The molecule has 6 nitrogen and oxygen atoms in total. The molecule has 0 bridgehead atoms. The summed E-state index contributed by atoms with van der Waals surface area (Å²) in [5.41, 5.74) is 3.06. The molecule has 0 radical (unpaired) electrons. The van der Waals surface area contributed by atoms with Crippen LogP contribution in [0.1, 0.15) is 41.6 Å². The van der Waals surface area contributed by atoms with Gasteiger partial charge in [-0.1, -0.05) is 36.8 Å². The Hall–Kier alpha value is -3.26. The fourth-order valence-electron chi connectivity index (χ4n) is 3.30. The minimum absolute atomic E-state index is 0.0694. The van der Waals surface area contributed by atoms with E-state index in [-0.39, 0.29) is 17.9 Å². The Labute approximate surface area is 193 Å². The number of aryl methyl sites for hydroxylation is 3. The number of nitrogens with zero attached hydrogens (tertiary/aromatic N) is 1. The number of anilines is 1. The topological polar surface area (TPSA) is 85.4 Å². The molecule has 0 aliphatic carbocycles. The van der Waals surface area contributed by atoms with Crippen molar-refractivity contribution in [2.24, 2.45) is 0 Å². The maximum absolute atomic E-state index is 14.3. The summed E-state index contributed by atoms with van der Waals surface area (Å²) in [6, 6.07) is 15.5. The summed E-state index contributed by atoms with van der Waals surface area (Å²) < 4.78 is 45.1. The van der Waals surface area contributed by atoms with Crippen LogP contribution in [0.15, 0.2) is 54.6 Å². The van der Waals surface area contributed by atoms with Gasteiger partial charge in [-0.2, -0.15) is 0 Å². The van der Waals surface area contributed by atoms with E-state index >= 15 is 0 Å². The Kier molecular flexibility index (Phi) is 7.48. The zero-order valence-corrected chi connectivity index (χ0v) is 19.9. The van der Waals surface area contributed by atoms with E-state index in [2.05, 4.69) is 9.71 Å². The van der Waals surface area contributed by atoms with Gasteiger partial charge in [0.05, 0.1) is 11.9 Å². The summed E-state index contributed by atoms with van der Waals surface area (Å²) in [6.07, 6.45) is 1.60. The van der Waals surface area contributed by atoms with Crippen LogP contribution in [0.4, 0.5) is 10.1 Å². The Morgan fingerprint density at radius 1 is 1.09 bits per heavy atom. The number of nitrogens with one attached hydrogen (secondary N) is 1. The summed E-state index contributed by atoms with van der Waals surface area (Å²) in [4.78, 5) is 17.3. The number of hydrogen-bond donors (Lipinski definition) is 1.